The van der Waals surface area contributed by atoms with Crippen molar-refractivity contribution in [3.8, 4) is 0 Å². The standard InChI is InChI=1S/C12H10BrN3/c13-10-5-1-2-6-11(10)15-9-16-12-7-3-4-8-14-12/h1-9H,(H,14,15,16). The molecule has 16 heavy (non-hydrogen) atoms. The lowest BCUT2D eigenvalue weighted by Gasteiger charge is -2.01. The largest absolute Gasteiger partial charge is 0.345 e. The summed E-state index contributed by atoms with van der Waals surface area (Å²) < 4.78 is 1.00. The molecule has 0 fully saturated rings. The summed E-state index contributed by atoms with van der Waals surface area (Å²) in [5.41, 5.74) is 0.974. The Morgan fingerprint density at radius 1 is 1.12 bits per heavy atom. The summed E-state index contributed by atoms with van der Waals surface area (Å²) in [5, 5.41) is 3.08. The summed E-state index contributed by atoms with van der Waals surface area (Å²) in [6.45, 7) is 0. The molecular formula is C12H10BrN3. The average molecular weight is 276 g/mol. The Kier molecular flexibility index (Phi) is 3.66. The van der Waals surface area contributed by atoms with Gasteiger partial charge in [0.1, 0.15) is 0 Å². The minimum atomic E-state index is 0.682. The molecule has 0 aliphatic rings. The van der Waals surface area contributed by atoms with Gasteiger partial charge in [-0.2, -0.15) is 0 Å². The second kappa shape index (κ2) is 5.42. The zero-order chi connectivity index (χ0) is 11.2. The summed E-state index contributed by atoms with van der Waals surface area (Å²) in [6.07, 6.45) is 3.34. The maximum absolute atomic E-state index is 4.17. The van der Waals surface area contributed by atoms with Crippen LogP contribution >= 0.6 is 15.9 Å². The summed E-state index contributed by atoms with van der Waals surface area (Å²) >= 11 is 3.44. The van der Waals surface area contributed by atoms with Crippen molar-refractivity contribution in [3.63, 3.8) is 0 Å². The molecule has 80 valence electrons. The average Bonchev–Trinajstić information content (AvgIpc) is 2.33. The number of pyridine rings is 1. The van der Waals surface area contributed by atoms with Crippen LogP contribution in [0, 0.1) is 0 Å². The summed E-state index contributed by atoms with van der Waals surface area (Å²) in [6, 6.07) is 13.5. The van der Waals surface area contributed by atoms with E-state index < -0.39 is 0 Å². The van der Waals surface area contributed by atoms with E-state index in [1.165, 1.54) is 0 Å². The molecule has 0 bridgehead atoms. The molecule has 0 saturated carbocycles. The zero-order valence-electron chi connectivity index (χ0n) is 8.47. The van der Waals surface area contributed by atoms with Crippen LogP contribution in [0.5, 0.6) is 0 Å². The molecule has 1 heterocycles. The number of para-hydroxylation sites is 1. The highest BCUT2D eigenvalue weighted by atomic mass is 79.9. The van der Waals surface area contributed by atoms with E-state index in [1.807, 2.05) is 42.5 Å². The van der Waals surface area contributed by atoms with Crippen molar-refractivity contribution in [2.45, 2.75) is 0 Å². The fourth-order valence-electron chi connectivity index (χ4n) is 1.18. The molecular weight excluding hydrogens is 266 g/mol. The third-order valence-electron chi connectivity index (χ3n) is 1.94. The predicted octanol–water partition coefficient (Wildman–Crippen LogP) is 3.62. The van der Waals surface area contributed by atoms with Crippen LogP contribution in [0.25, 0.3) is 0 Å². The first-order valence-corrected chi connectivity index (χ1v) is 5.60. The van der Waals surface area contributed by atoms with Crippen LogP contribution in [0.4, 0.5) is 11.5 Å². The van der Waals surface area contributed by atoms with Gasteiger partial charge in [-0.05, 0) is 40.2 Å². The van der Waals surface area contributed by atoms with Crippen LogP contribution in [0.3, 0.4) is 0 Å². The predicted molar refractivity (Wildman–Crippen MR) is 70.2 cm³/mol. The Balaban J connectivity index is 2.03. The summed E-state index contributed by atoms with van der Waals surface area (Å²) in [7, 11) is 0. The van der Waals surface area contributed by atoms with E-state index in [1.54, 1.807) is 12.5 Å². The van der Waals surface area contributed by atoms with Gasteiger partial charge >= 0.3 is 0 Å². The van der Waals surface area contributed by atoms with Crippen molar-refractivity contribution >= 4 is 33.8 Å². The normalized spacial score (nSPS) is 10.6. The summed E-state index contributed by atoms with van der Waals surface area (Å²) in [4.78, 5) is 8.26. The molecule has 4 heteroatoms. The summed E-state index contributed by atoms with van der Waals surface area (Å²) in [5.74, 6) is 0.682. The van der Waals surface area contributed by atoms with Gasteiger partial charge in [-0.1, -0.05) is 18.2 Å². The molecule has 1 aromatic heterocycles. The molecule has 0 aliphatic heterocycles. The smallest absolute Gasteiger partial charge is 0.153 e. The number of anilines is 1. The first-order chi connectivity index (χ1) is 7.86. The van der Waals surface area contributed by atoms with E-state index >= 15 is 0 Å². The van der Waals surface area contributed by atoms with E-state index in [4.69, 9.17) is 0 Å². The van der Waals surface area contributed by atoms with Crippen molar-refractivity contribution in [2.75, 3.05) is 5.32 Å². The molecule has 0 aliphatic carbocycles. The minimum absolute atomic E-state index is 0.682. The Hall–Kier alpha value is -1.68. The maximum atomic E-state index is 4.17. The molecule has 2 aromatic rings. The molecule has 0 spiro atoms. The third-order valence-corrected chi connectivity index (χ3v) is 2.63. The Morgan fingerprint density at radius 2 is 1.94 bits per heavy atom. The highest BCUT2D eigenvalue weighted by molar-refractivity contribution is 9.10. The first-order valence-electron chi connectivity index (χ1n) is 4.81. The maximum Gasteiger partial charge on any atom is 0.153 e. The zero-order valence-corrected chi connectivity index (χ0v) is 10.1. The second-order valence-corrected chi connectivity index (χ2v) is 3.92. The molecule has 0 radical (unpaired) electrons. The van der Waals surface area contributed by atoms with Gasteiger partial charge in [0.25, 0.3) is 0 Å². The fourth-order valence-corrected chi connectivity index (χ4v) is 1.58. The van der Waals surface area contributed by atoms with Gasteiger partial charge in [-0.15, -0.1) is 0 Å². The van der Waals surface area contributed by atoms with E-state index in [2.05, 4.69) is 31.2 Å². The minimum Gasteiger partial charge on any atom is -0.345 e. The van der Waals surface area contributed by atoms with Gasteiger partial charge in [0.2, 0.25) is 0 Å². The molecule has 3 nitrogen and oxygen atoms in total. The van der Waals surface area contributed by atoms with Gasteiger partial charge < -0.3 is 5.32 Å². The van der Waals surface area contributed by atoms with Crippen molar-refractivity contribution < 1.29 is 0 Å². The molecule has 0 unspecified atom stereocenters. The van der Waals surface area contributed by atoms with E-state index in [-0.39, 0.29) is 0 Å². The van der Waals surface area contributed by atoms with E-state index in [0.29, 0.717) is 5.82 Å². The SMILES string of the molecule is Brc1ccccc1N/C=N/c1ccccn1. The molecule has 1 aromatic carbocycles. The van der Waals surface area contributed by atoms with Gasteiger partial charge in [0.05, 0.1) is 12.0 Å². The second-order valence-electron chi connectivity index (χ2n) is 3.07. The van der Waals surface area contributed by atoms with Crippen molar-refractivity contribution in [3.05, 3.63) is 53.1 Å². The lowest BCUT2D eigenvalue weighted by atomic mass is 10.3. The number of halogens is 1. The number of nitrogens with one attached hydrogen (secondary N) is 1. The number of benzene rings is 1. The van der Waals surface area contributed by atoms with Gasteiger partial charge in [0, 0.05) is 10.7 Å². The molecule has 2 rings (SSSR count). The lowest BCUT2D eigenvalue weighted by Crippen LogP contribution is -1.94. The fraction of sp³-hybridized carbons (Fsp3) is 0. The lowest BCUT2D eigenvalue weighted by molar-refractivity contribution is 1.28. The highest BCUT2D eigenvalue weighted by Gasteiger charge is 1.93. The number of aliphatic imine (C=N–C) groups is 1. The Bertz CT molecular complexity index is 483. The highest BCUT2D eigenvalue weighted by Crippen LogP contribution is 2.20. The number of rotatable bonds is 3. The van der Waals surface area contributed by atoms with Crippen molar-refractivity contribution in [2.24, 2.45) is 4.99 Å². The van der Waals surface area contributed by atoms with Crippen LogP contribution in [-0.2, 0) is 0 Å². The molecule has 0 atom stereocenters. The molecule has 0 amide bonds. The topological polar surface area (TPSA) is 37.3 Å². The molecule has 1 N–H and O–H groups in total. The number of hydrogen-bond donors (Lipinski definition) is 1. The van der Waals surface area contributed by atoms with Crippen LogP contribution in [0.1, 0.15) is 0 Å². The monoisotopic (exact) mass is 275 g/mol. The van der Waals surface area contributed by atoms with Gasteiger partial charge in [-0.25, -0.2) is 9.98 Å². The number of aromatic nitrogens is 1. The number of nitrogens with zero attached hydrogens (tertiary/aromatic N) is 2. The van der Waals surface area contributed by atoms with E-state index in [0.717, 1.165) is 10.2 Å². The van der Waals surface area contributed by atoms with Crippen molar-refractivity contribution in [1.29, 1.82) is 0 Å². The van der Waals surface area contributed by atoms with Crippen LogP contribution in [0.15, 0.2) is 58.1 Å². The molecule has 0 saturated heterocycles. The van der Waals surface area contributed by atoms with Crippen LogP contribution in [0.2, 0.25) is 0 Å². The van der Waals surface area contributed by atoms with Gasteiger partial charge in [-0.3, -0.25) is 0 Å². The van der Waals surface area contributed by atoms with E-state index in [9.17, 15) is 0 Å². The van der Waals surface area contributed by atoms with Crippen LogP contribution < -0.4 is 5.32 Å². The Labute approximate surface area is 102 Å². The Morgan fingerprint density at radius 3 is 2.69 bits per heavy atom. The first kappa shape index (κ1) is 10.8. The van der Waals surface area contributed by atoms with Crippen molar-refractivity contribution in [1.82, 2.24) is 4.98 Å². The van der Waals surface area contributed by atoms with Gasteiger partial charge in [0.15, 0.2) is 5.82 Å². The number of hydrogen-bond acceptors (Lipinski definition) is 2. The van der Waals surface area contributed by atoms with Crippen LogP contribution in [-0.4, -0.2) is 11.3 Å². The third kappa shape index (κ3) is 2.90. The quantitative estimate of drug-likeness (QED) is 0.686.